The molecule has 5 heteroatoms. The Labute approximate surface area is 98.0 Å². The number of rotatable bonds is 4. The molecule has 2 rings (SSSR count). The second-order valence-corrected chi connectivity index (χ2v) is 3.93. The molecule has 1 aromatic carbocycles. The van der Waals surface area contributed by atoms with E-state index in [1.807, 2.05) is 30.3 Å². The lowest BCUT2D eigenvalue weighted by Crippen LogP contribution is -2.32. The number of aliphatic hydroxyl groups is 1. The molecule has 17 heavy (non-hydrogen) atoms. The fourth-order valence-corrected chi connectivity index (χ4v) is 1.76. The minimum atomic E-state index is -1.64. The maximum atomic E-state index is 13.6. The summed E-state index contributed by atoms with van der Waals surface area (Å²) in [6.45, 7) is -0.811. The average Bonchev–Trinajstić information content (AvgIpc) is 2.63. The number of hydrogen-bond acceptors (Lipinski definition) is 3. The fraction of sp³-hybridized carbons (Fsp3) is 0.500. The van der Waals surface area contributed by atoms with Crippen molar-refractivity contribution >= 4 is 0 Å². The van der Waals surface area contributed by atoms with Gasteiger partial charge in [0.05, 0.1) is 6.61 Å². The van der Waals surface area contributed by atoms with Crippen LogP contribution in [0.4, 0.5) is 8.78 Å². The predicted octanol–water partition coefficient (Wildman–Crippen LogP) is 1.60. The Morgan fingerprint density at radius 3 is 2.59 bits per heavy atom. The fourth-order valence-electron chi connectivity index (χ4n) is 1.76. The molecule has 1 heterocycles. The first-order valence-electron chi connectivity index (χ1n) is 5.41. The molecule has 0 spiro atoms. The topological polar surface area (TPSA) is 38.7 Å². The van der Waals surface area contributed by atoms with Crippen LogP contribution in [0.1, 0.15) is 5.56 Å². The van der Waals surface area contributed by atoms with Crippen LogP contribution in [0.5, 0.6) is 0 Å². The van der Waals surface area contributed by atoms with E-state index in [1.165, 1.54) is 0 Å². The molecule has 1 fully saturated rings. The Bertz CT molecular complexity index is 347. The quantitative estimate of drug-likeness (QED) is 0.874. The van der Waals surface area contributed by atoms with Crippen LogP contribution in [0.2, 0.25) is 0 Å². The van der Waals surface area contributed by atoms with E-state index in [9.17, 15) is 13.9 Å². The molecular weight excluding hydrogens is 230 g/mol. The van der Waals surface area contributed by atoms with Crippen molar-refractivity contribution in [2.75, 3.05) is 6.67 Å². The zero-order valence-corrected chi connectivity index (χ0v) is 9.13. The molecule has 1 N–H and O–H groups in total. The van der Waals surface area contributed by atoms with Gasteiger partial charge in [0.15, 0.2) is 12.5 Å². The maximum Gasteiger partial charge on any atom is 0.184 e. The third kappa shape index (κ3) is 2.80. The van der Waals surface area contributed by atoms with Gasteiger partial charge in [-0.25, -0.2) is 8.78 Å². The van der Waals surface area contributed by atoms with Crippen LogP contribution in [-0.4, -0.2) is 36.5 Å². The van der Waals surface area contributed by atoms with Gasteiger partial charge >= 0.3 is 0 Å². The van der Waals surface area contributed by atoms with Crippen molar-refractivity contribution in [3.63, 3.8) is 0 Å². The summed E-state index contributed by atoms with van der Waals surface area (Å²) < 4.78 is 35.8. The van der Waals surface area contributed by atoms with Gasteiger partial charge in [0, 0.05) is 0 Å². The van der Waals surface area contributed by atoms with E-state index in [1.54, 1.807) is 0 Å². The summed E-state index contributed by atoms with van der Waals surface area (Å²) >= 11 is 0. The highest BCUT2D eigenvalue weighted by atomic mass is 19.1. The molecule has 0 aliphatic carbocycles. The van der Waals surface area contributed by atoms with Gasteiger partial charge in [0.1, 0.15) is 18.9 Å². The molecule has 4 atom stereocenters. The Morgan fingerprint density at radius 2 is 2.00 bits per heavy atom. The first-order valence-corrected chi connectivity index (χ1v) is 5.41. The van der Waals surface area contributed by atoms with Crippen LogP contribution in [-0.2, 0) is 16.1 Å². The lowest BCUT2D eigenvalue weighted by molar-refractivity contribution is -0.147. The standard InChI is InChI=1S/C12H14F2O3/c13-6-9-10(14)11(12(15)17-9)16-7-8-4-2-1-3-5-8/h1-5,9-12,15H,6-7H2/t9-,10-,11-,12+/m1/s1. The third-order valence-electron chi connectivity index (χ3n) is 2.70. The van der Waals surface area contributed by atoms with Gasteiger partial charge < -0.3 is 14.6 Å². The van der Waals surface area contributed by atoms with E-state index in [4.69, 9.17) is 9.47 Å². The van der Waals surface area contributed by atoms with Crippen molar-refractivity contribution in [2.24, 2.45) is 0 Å². The Morgan fingerprint density at radius 1 is 1.29 bits per heavy atom. The molecule has 3 nitrogen and oxygen atoms in total. The highest BCUT2D eigenvalue weighted by Gasteiger charge is 2.45. The van der Waals surface area contributed by atoms with Gasteiger partial charge in [-0.2, -0.15) is 0 Å². The van der Waals surface area contributed by atoms with Gasteiger partial charge in [0.2, 0.25) is 0 Å². The molecular formula is C12H14F2O3. The number of alkyl halides is 2. The highest BCUT2D eigenvalue weighted by molar-refractivity contribution is 5.13. The maximum absolute atomic E-state index is 13.6. The van der Waals surface area contributed by atoms with E-state index in [0.717, 1.165) is 5.56 Å². The van der Waals surface area contributed by atoms with Gasteiger partial charge in [-0.15, -0.1) is 0 Å². The van der Waals surface area contributed by atoms with Crippen LogP contribution >= 0.6 is 0 Å². The predicted molar refractivity (Wildman–Crippen MR) is 56.8 cm³/mol. The van der Waals surface area contributed by atoms with Crippen molar-refractivity contribution in [1.29, 1.82) is 0 Å². The number of hydrogen-bond donors (Lipinski definition) is 1. The molecule has 1 aliphatic heterocycles. The molecule has 0 aromatic heterocycles. The number of ether oxygens (including phenoxy) is 2. The number of halogens is 2. The van der Waals surface area contributed by atoms with Crippen LogP contribution in [0.15, 0.2) is 30.3 Å². The largest absolute Gasteiger partial charge is 0.366 e. The van der Waals surface area contributed by atoms with Gasteiger partial charge in [-0.1, -0.05) is 30.3 Å². The summed E-state index contributed by atoms with van der Waals surface area (Å²) in [5.41, 5.74) is 0.857. The SMILES string of the molecule is O[C@H]1O[C@H](CF)[C@@H](F)[C@H]1OCc1ccccc1. The zero-order valence-electron chi connectivity index (χ0n) is 9.13. The van der Waals surface area contributed by atoms with E-state index < -0.39 is 31.3 Å². The van der Waals surface area contributed by atoms with Crippen LogP contribution in [0, 0.1) is 0 Å². The summed E-state index contributed by atoms with van der Waals surface area (Å²) in [4.78, 5) is 0. The van der Waals surface area contributed by atoms with Crippen LogP contribution < -0.4 is 0 Å². The first kappa shape index (κ1) is 12.4. The van der Waals surface area contributed by atoms with E-state index in [0.29, 0.717) is 0 Å². The van der Waals surface area contributed by atoms with E-state index >= 15 is 0 Å². The van der Waals surface area contributed by atoms with Crippen molar-refractivity contribution in [3.8, 4) is 0 Å². The summed E-state index contributed by atoms with van der Waals surface area (Å²) in [6, 6.07) is 9.16. The lowest BCUT2D eigenvalue weighted by atomic mass is 10.2. The first-order chi connectivity index (χ1) is 8.22. The molecule has 0 amide bonds. The monoisotopic (exact) mass is 244 g/mol. The Kier molecular flexibility index (Phi) is 4.04. The highest BCUT2D eigenvalue weighted by Crippen LogP contribution is 2.26. The van der Waals surface area contributed by atoms with Crippen molar-refractivity contribution in [1.82, 2.24) is 0 Å². The minimum absolute atomic E-state index is 0.158. The van der Waals surface area contributed by atoms with Gasteiger partial charge in [0.25, 0.3) is 0 Å². The summed E-state index contributed by atoms with van der Waals surface area (Å²) in [5, 5.41) is 9.39. The van der Waals surface area contributed by atoms with Gasteiger partial charge in [-0.05, 0) is 5.56 Å². The van der Waals surface area contributed by atoms with Crippen molar-refractivity contribution in [3.05, 3.63) is 35.9 Å². The van der Waals surface area contributed by atoms with E-state index in [-0.39, 0.29) is 6.61 Å². The second kappa shape index (κ2) is 5.53. The van der Waals surface area contributed by atoms with Crippen LogP contribution in [0.25, 0.3) is 0 Å². The normalized spacial score (nSPS) is 32.9. The second-order valence-electron chi connectivity index (χ2n) is 3.93. The summed E-state index contributed by atoms with van der Waals surface area (Å²) in [6.07, 6.45) is -5.41. The smallest absolute Gasteiger partial charge is 0.184 e. The Balaban J connectivity index is 1.91. The molecule has 0 bridgehead atoms. The molecule has 1 saturated heterocycles. The summed E-state index contributed by atoms with van der Waals surface area (Å²) in [7, 11) is 0. The summed E-state index contributed by atoms with van der Waals surface area (Å²) in [5.74, 6) is 0. The molecule has 0 radical (unpaired) electrons. The molecule has 0 unspecified atom stereocenters. The van der Waals surface area contributed by atoms with Crippen LogP contribution in [0.3, 0.4) is 0 Å². The van der Waals surface area contributed by atoms with Crippen molar-refractivity contribution < 1.29 is 23.4 Å². The molecule has 1 aromatic rings. The molecule has 1 aliphatic rings. The lowest BCUT2D eigenvalue weighted by Gasteiger charge is -2.16. The van der Waals surface area contributed by atoms with Gasteiger partial charge in [-0.3, -0.25) is 0 Å². The number of benzene rings is 1. The zero-order chi connectivity index (χ0) is 12.3. The van der Waals surface area contributed by atoms with Crippen molar-refractivity contribution in [2.45, 2.75) is 31.3 Å². The minimum Gasteiger partial charge on any atom is -0.366 e. The third-order valence-corrected chi connectivity index (χ3v) is 2.70. The number of aliphatic hydroxyl groups excluding tert-OH is 1. The molecule has 94 valence electrons. The molecule has 0 saturated carbocycles. The Hall–Kier alpha value is -1.04. The van der Waals surface area contributed by atoms with E-state index in [2.05, 4.69) is 0 Å². The average molecular weight is 244 g/mol.